The zero-order valence-electron chi connectivity index (χ0n) is 8.27. The van der Waals surface area contributed by atoms with Crippen LogP contribution in [0.15, 0.2) is 4.52 Å². The lowest BCUT2D eigenvalue weighted by Gasteiger charge is -2.02. The van der Waals surface area contributed by atoms with Crippen molar-refractivity contribution in [2.24, 2.45) is 5.73 Å². The first-order valence-electron chi connectivity index (χ1n) is 5.02. The Labute approximate surface area is 82.6 Å². The molecule has 1 aliphatic rings. The number of hydrogen-bond donors (Lipinski definition) is 1. The quantitative estimate of drug-likeness (QED) is 0.791. The van der Waals surface area contributed by atoms with Gasteiger partial charge in [-0.15, -0.1) is 0 Å². The van der Waals surface area contributed by atoms with E-state index in [1.807, 2.05) is 6.92 Å². The van der Waals surface area contributed by atoms with Crippen LogP contribution in [0.1, 0.15) is 50.0 Å². The summed E-state index contributed by atoms with van der Waals surface area (Å²) >= 11 is 0. The van der Waals surface area contributed by atoms with Gasteiger partial charge in [0.05, 0.1) is 6.04 Å². The van der Waals surface area contributed by atoms with Crippen LogP contribution in [0, 0.1) is 0 Å². The van der Waals surface area contributed by atoms with Crippen molar-refractivity contribution in [2.45, 2.75) is 38.3 Å². The SMILES string of the molecule is CC[C@@H](N)c1nc(C2CCCO2)no1. The van der Waals surface area contributed by atoms with E-state index in [4.69, 9.17) is 15.0 Å². The Morgan fingerprint density at radius 3 is 3.14 bits per heavy atom. The number of hydrogen-bond acceptors (Lipinski definition) is 5. The minimum Gasteiger partial charge on any atom is -0.370 e. The van der Waals surface area contributed by atoms with Gasteiger partial charge in [0, 0.05) is 6.61 Å². The fourth-order valence-corrected chi connectivity index (χ4v) is 1.48. The van der Waals surface area contributed by atoms with Crippen molar-refractivity contribution in [1.29, 1.82) is 0 Å². The molecular weight excluding hydrogens is 182 g/mol. The molecule has 0 radical (unpaired) electrons. The zero-order valence-corrected chi connectivity index (χ0v) is 8.27. The second-order valence-electron chi connectivity index (χ2n) is 3.51. The van der Waals surface area contributed by atoms with Crippen molar-refractivity contribution >= 4 is 0 Å². The van der Waals surface area contributed by atoms with Crippen molar-refractivity contribution in [3.8, 4) is 0 Å². The molecule has 0 saturated carbocycles. The van der Waals surface area contributed by atoms with Crippen LogP contribution in [0.5, 0.6) is 0 Å². The molecule has 0 spiro atoms. The lowest BCUT2D eigenvalue weighted by atomic mass is 10.2. The van der Waals surface area contributed by atoms with Gasteiger partial charge >= 0.3 is 0 Å². The topological polar surface area (TPSA) is 74.2 Å². The Morgan fingerprint density at radius 1 is 1.64 bits per heavy atom. The highest BCUT2D eigenvalue weighted by Gasteiger charge is 2.24. The third-order valence-corrected chi connectivity index (χ3v) is 2.43. The molecule has 1 aliphatic heterocycles. The molecule has 1 aromatic heterocycles. The number of aromatic nitrogens is 2. The van der Waals surface area contributed by atoms with Gasteiger partial charge in [-0.3, -0.25) is 0 Å². The van der Waals surface area contributed by atoms with Crippen LogP contribution in [0.25, 0.3) is 0 Å². The standard InChI is InChI=1S/C9H15N3O2/c1-2-6(10)9-11-8(12-14-9)7-4-3-5-13-7/h6-7H,2-5,10H2,1H3/t6-,7?/m1/s1. The molecule has 14 heavy (non-hydrogen) atoms. The largest absolute Gasteiger partial charge is 0.370 e. The van der Waals surface area contributed by atoms with E-state index in [1.165, 1.54) is 0 Å². The van der Waals surface area contributed by atoms with Crippen molar-refractivity contribution in [3.63, 3.8) is 0 Å². The van der Waals surface area contributed by atoms with Gasteiger partial charge in [0.25, 0.3) is 0 Å². The molecule has 1 saturated heterocycles. The summed E-state index contributed by atoms with van der Waals surface area (Å²) in [5.41, 5.74) is 5.77. The van der Waals surface area contributed by atoms with E-state index >= 15 is 0 Å². The molecule has 2 N–H and O–H groups in total. The van der Waals surface area contributed by atoms with Gasteiger partial charge in [-0.2, -0.15) is 4.98 Å². The van der Waals surface area contributed by atoms with Crippen molar-refractivity contribution in [1.82, 2.24) is 10.1 Å². The second kappa shape index (κ2) is 4.06. The smallest absolute Gasteiger partial charge is 0.243 e. The third kappa shape index (κ3) is 1.78. The minimum absolute atomic E-state index is 0.0107. The van der Waals surface area contributed by atoms with Crippen LogP contribution < -0.4 is 5.73 Å². The van der Waals surface area contributed by atoms with Crippen LogP contribution in [0.4, 0.5) is 0 Å². The molecule has 5 nitrogen and oxygen atoms in total. The number of nitrogens with zero attached hydrogens (tertiary/aromatic N) is 2. The molecule has 78 valence electrons. The maximum absolute atomic E-state index is 5.77. The number of ether oxygens (including phenoxy) is 1. The summed E-state index contributed by atoms with van der Waals surface area (Å²) in [5.74, 6) is 1.15. The summed E-state index contributed by atoms with van der Waals surface area (Å²) in [6, 6.07) is -0.155. The molecule has 0 aromatic carbocycles. The monoisotopic (exact) mass is 197 g/mol. The van der Waals surface area contributed by atoms with Crippen LogP contribution in [0.2, 0.25) is 0 Å². The van der Waals surface area contributed by atoms with Crippen LogP contribution >= 0.6 is 0 Å². The highest BCUT2D eigenvalue weighted by atomic mass is 16.5. The molecule has 5 heteroatoms. The lowest BCUT2D eigenvalue weighted by molar-refractivity contribution is 0.103. The first-order chi connectivity index (χ1) is 6.81. The van der Waals surface area contributed by atoms with Crippen LogP contribution in [-0.4, -0.2) is 16.7 Å². The van der Waals surface area contributed by atoms with Crippen LogP contribution in [-0.2, 0) is 4.74 Å². The summed E-state index contributed by atoms with van der Waals surface area (Å²) in [6.07, 6.45) is 2.85. The summed E-state index contributed by atoms with van der Waals surface area (Å²) in [5, 5.41) is 3.88. The van der Waals surface area contributed by atoms with E-state index in [1.54, 1.807) is 0 Å². The normalized spacial score (nSPS) is 24.0. The van der Waals surface area contributed by atoms with E-state index in [0.717, 1.165) is 25.9 Å². The molecule has 2 rings (SSSR count). The van der Waals surface area contributed by atoms with Gasteiger partial charge in [0.15, 0.2) is 0 Å². The second-order valence-corrected chi connectivity index (χ2v) is 3.51. The van der Waals surface area contributed by atoms with Crippen molar-refractivity contribution in [2.75, 3.05) is 6.61 Å². The Morgan fingerprint density at radius 2 is 2.50 bits per heavy atom. The predicted molar refractivity (Wildman–Crippen MR) is 49.4 cm³/mol. The summed E-state index contributed by atoms with van der Waals surface area (Å²) in [6.45, 7) is 2.77. The zero-order chi connectivity index (χ0) is 9.97. The Kier molecular flexibility index (Phi) is 2.79. The van der Waals surface area contributed by atoms with Gasteiger partial charge in [0.1, 0.15) is 6.10 Å². The van der Waals surface area contributed by atoms with Gasteiger partial charge in [0.2, 0.25) is 11.7 Å². The van der Waals surface area contributed by atoms with Crippen molar-refractivity contribution < 1.29 is 9.26 Å². The van der Waals surface area contributed by atoms with Gasteiger partial charge in [-0.05, 0) is 19.3 Å². The maximum Gasteiger partial charge on any atom is 0.243 e. The average Bonchev–Trinajstić information content (AvgIpc) is 2.86. The summed E-state index contributed by atoms with van der Waals surface area (Å²) in [7, 11) is 0. The molecular formula is C9H15N3O2. The predicted octanol–water partition coefficient (Wildman–Crippen LogP) is 1.33. The minimum atomic E-state index is -0.155. The summed E-state index contributed by atoms with van der Waals surface area (Å²) < 4.78 is 10.5. The van der Waals surface area contributed by atoms with Gasteiger partial charge in [-0.1, -0.05) is 12.1 Å². The third-order valence-electron chi connectivity index (χ3n) is 2.43. The maximum atomic E-state index is 5.77. The highest BCUT2D eigenvalue weighted by molar-refractivity contribution is 4.95. The molecule has 1 fully saturated rings. The molecule has 1 unspecified atom stereocenters. The van der Waals surface area contributed by atoms with E-state index < -0.39 is 0 Å². The van der Waals surface area contributed by atoms with E-state index in [-0.39, 0.29) is 12.1 Å². The molecule has 0 bridgehead atoms. The van der Waals surface area contributed by atoms with E-state index in [0.29, 0.717) is 11.7 Å². The van der Waals surface area contributed by atoms with E-state index in [2.05, 4.69) is 10.1 Å². The Bertz CT molecular complexity index is 294. The van der Waals surface area contributed by atoms with Crippen molar-refractivity contribution in [3.05, 3.63) is 11.7 Å². The molecule has 2 atom stereocenters. The van der Waals surface area contributed by atoms with E-state index in [9.17, 15) is 0 Å². The Balaban J connectivity index is 2.08. The average molecular weight is 197 g/mol. The molecule has 0 amide bonds. The Hall–Kier alpha value is -0.940. The molecule has 2 heterocycles. The lowest BCUT2D eigenvalue weighted by Crippen LogP contribution is -2.09. The fraction of sp³-hybridized carbons (Fsp3) is 0.778. The first kappa shape index (κ1) is 9.61. The number of rotatable bonds is 3. The number of nitrogens with two attached hydrogens (primary N) is 1. The molecule has 1 aromatic rings. The fourth-order valence-electron chi connectivity index (χ4n) is 1.48. The van der Waals surface area contributed by atoms with Gasteiger partial charge in [-0.25, -0.2) is 0 Å². The highest BCUT2D eigenvalue weighted by Crippen LogP contribution is 2.26. The van der Waals surface area contributed by atoms with Crippen LogP contribution in [0.3, 0.4) is 0 Å². The first-order valence-corrected chi connectivity index (χ1v) is 5.02. The molecule has 0 aliphatic carbocycles. The summed E-state index contributed by atoms with van der Waals surface area (Å²) in [4.78, 5) is 4.24. The van der Waals surface area contributed by atoms with Gasteiger partial charge < -0.3 is 15.0 Å².